The van der Waals surface area contributed by atoms with Crippen LogP contribution in [0.5, 0.6) is 0 Å². The molecule has 2 aromatic heterocycles. The van der Waals surface area contributed by atoms with Gasteiger partial charge in [-0.05, 0) is 23.3 Å². The van der Waals surface area contributed by atoms with Gasteiger partial charge in [-0.25, -0.2) is 4.57 Å². The molecule has 2 heterocycles. The molecule has 0 amide bonds. The summed E-state index contributed by atoms with van der Waals surface area (Å²) in [6.45, 7) is 0.0101. The lowest BCUT2D eigenvalue weighted by Gasteiger charge is -2.27. The summed E-state index contributed by atoms with van der Waals surface area (Å²) in [5.41, 5.74) is 1.72. The Morgan fingerprint density at radius 1 is 1.04 bits per heavy atom. The van der Waals surface area contributed by atoms with E-state index in [2.05, 4.69) is 4.98 Å². The Balaban J connectivity index is 2.33. The fourth-order valence-corrected chi connectivity index (χ4v) is 4.72. The highest BCUT2D eigenvalue weighted by Gasteiger charge is 2.60. The van der Waals surface area contributed by atoms with Crippen molar-refractivity contribution in [1.29, 1.82) is 0 Å². The van der Waals surface area contributed by atoms with Crippen molar-refractivity contribution < 1.29 is 33.5 Å². The molecule has 0 aliphatic carbocycles. The minimum Gasteiger partial charge on any atom is -0.365 e. The molecule has 4 N–H and O–H groups in total. The number of aliphatic hydroxyl groups is 1. The highest BCUT2D eigenvalue weighted by molar-refractivity contribution is 7.74. The molecule has 0 radical (unpaired) electrons. The van der Waals surface area contributed by atoms with Crippen molar-refractivity contribution in [3.8, 4) is 11.1 Å². The number of rotatable bonds is 5. The second kappa shape index (κ2) is 6.24. The molecule has 0 bridgehead atoms. The van der Waals surface area contributed by atoms with E-state index in [-0.39, 0.29) is 0 Å². The zero-order chi connectivity index (χ0) is 17.3. The second-order valence-electron chi connectivity index (χ2n) is 5.19. The lowest BCUT2D eigenvalue weighted by Crippen LogP contribution is -2.47. The summed E-state index contributed by atoms with van der Waals surface area (Å²) < 4.78 is 24.5. The van der Waals surface area contributed by atoms with Gasteiger partial charge in [-0.3, -0.25) is 14.1 Å². The third-order valence-corrected chi connectivity index (χ3v) is 7.87. The Morgan fingerprint density at radius 3 is 1.96 bits per heavy atom. The van der Waals surface area contributed by atoms with Crippen molar-refractivity contribution in [2.75, 3.05) is 6.66 Å². The molecule has 0 spiro atoms. The first-order valence-electron chi connectivity index (χ1n) is 6.52. The molecule has 2 atom stereocenters. The number of hydrogen-bond donors (Lipinski definition) is 4. The van der Waals surface area contributed by atoms with E-state index >= 15 is 0 Å². The topological polar surface area (TPSA) is 132 Å². The zero-order valence-electron chi connectivity index (χ0n) is 12.2. The number of nitrogens with zero attached hydrogens (tertiary/aromatic N) is 2. The van der Waals surface area contributed by atoms with Crippen LogP contribution < -0.4 is 4.57 Å². The maximum absolute atomic E-state index is 11.8. The summed E-state index contributed by atoms with van der Waals surface area (Å²) in [4.78, 5) is 32.0. The van der Waals surface area contributed by atoms with Crippen LogP contribution in [0.2, 0.25) is 0 Å². The largest absolute Gasteiger partial charge is 0.373 e. The van der Waals surface area contributed by atoms with Gasteiger partial charge in [0.1, 0.15) is 0 Å². The molecular weight excluding hydrogens is 342 g/mol. The Hall–Kier alpha value is -1.40. The number of hydrogen-bond acceptors (Lipinski definition) is 4. The minimum absolute atomic E-state index is 0.710. The Labute approximate surface area is 132 Å². The quantitative estimate of drug-likeness (QED) is 0.458. The molecule has 0 fully saturated rings. The summed E-state index contributed by atoms with van der Waals surface area (Å²) >= 11 is 0. The molecule has 0 saturated carbocycles. The van der Waals surface area contributed by atoms with E-state index in [1.54, 1.807) is 36.7 Å². The van der Waals surface area contributed by atoms with Crippen LogP contribution in [0.1, 0.15) is 0 Å². The predicted molar refractivity (Wildman–Crippen MR) is 82.6 cm³/mol. The summed E-state index contributed by atoms with van der Waals surface area (Å²) in [6.07, 6.45) is 6.18. The van der Waals surface area contributed by atoms with E-state index in [1.165, 1.54) is 17.0 Å². The lowest BCUT2D eigenvalue weighted by atomic mass is 10.1. The number of aromatic nitrogens is 2. The van der Waals surface area contributed by atoms with E-state index in [4.69, 9.17) is 0 Å². The van der Waals surface area contributed by atoms with Gasteiger partial charge in [0.05, 0.1) is 0 Å². The first-order chi connectivity index (χ1) is 10.5. The van der Waals surface area contributed by atoms with E-state index in [9.17, 15) is 28.9 Å². The van der Waals surface area contributed by atoms with Crippen molar-refractivity contribution in [3.05, 3.63) is 49.1 Å². The SMILES string of the molecule is CP(=O)(O)C(O)(C[n+]1ccc(-c2ccncc2)cc1)P(=O)(O)O. The second-order valence-corrected chi connectivity index (χ2v) is 9.87. The summed E-state index contributed by atoms with van der Waals surface area (Å²) in [6, 6.07) is 6.90. The van der Waals surface area contributed by atoms with Gasteiger partial charge in [0, 0.05) is 31.2 Å². The summed E-state index contributed by atoms with van der Waals surface area (Å²) in [5.74, 6) is 0. The van der Waals surface area contributed by atoms with Gasteiger partial charge in [-0.1, -0.05) is 0 Å². The van der Waals surface area contributed by atoms with E-state index in [0.29, 0.717) is 0 Å². The van der Waals surface area contributed by atoms with E-state index < -0.39 is 26.6 Å². The van der Waals surface area contributed by atoms with Crippen LogP contribution in [-0.2, 0) is 15.7 Å². The third-order valence-electron chi connectivity index (χ3n) is 3.43. The fourth-order valence-electron chi connectivity index (χ4n) is 2.01. The van der Waals surface area contributed by atoms with Gasteiger partial charge < -0.3 is 19.8 Å². The maximum Gasteiger partial charge on any atom is 0.373 e. The van der Waals surface area contributed by atoms with Gasteiger partial charge in [-0.2, -0.15) is 0 Å². The van der Waals surface area contributed by atoms with Crippen LogP contribution in [0.3, 0.4) is 0 Å². The molecule has 2 unspecified atom stereocenters. The van der Waals surface area contributed by atoms with Crippen molar-refractivity contribution in [1.82, 2.24) is 4.98 Å². The predicted octanol–water partition coefficient (Wildman–Crippen LogP) is 0.760. The van der Waals surface area contributed by atoms with Crippen LogP contribution >= 0.6 is 15.0 Å². The van der Waals surface area contributed by atoms with Crippen LogP contribution in [0.4, 0.5) is 0 Å². The molecule has 8 nitrogen and oxygen atoms in total. The minimum atomic E-state index is -5.23. The van der Waals surface area contributed by atoms with Gasteiger partial charge in [-0.15, -0.1) is 0 Å². The van der Waals surface area contributed by atoms with Crippen LogP contribution in [0, 0.1) is 0 Å². The highest BCUT2D eigenvalue weighted by atomic mass is 31.2. The van der Waals surface area contributed by atoms with Gasteiger partial charge in [0.15, 0.2) is 18.9 Å². The van der Waals surface area contributed by atoms with Crippen molar-refractivity contribution in [2.24, 2.45) is 0 Å². The van der Waals surface area contributed by atoms with Crippen LogP contribution in [-0.4, -0.2) is 36.5 Å². The average molecular weight is 359 g/mol. The monoisotopic (exact) mass is 359 g/mol. The smallest absolute Gasteiger partial charge is 0.365 e. The average Bonchev–Trinajstić information content (AvgIpc) is 2.46. The lowest BCUT2D eigenvalue weighted by molar-refractivity contribution is -0.703. The molecule has 2 rings (SSSR count). The van der Waals surface area contributed by atoms with Gasteiger partial charge >= 0.3 is 12.7 Å². The first kappa shape index (κ1) is 17.9. The van der Waals surface area contributed by atoms with Gasteiger partial charge in [0.25, 0.3) is 0 Å². The van der Waals surface area contributed by atoms with Gasteiger partial charge in [0.2, 0.25) is 7.37 Å². The Bertz CT molecular complexity index is 747. The highest BCUT2D eigenvalue weighted by Crippen LogP contribution is 2.67. The molecule has 0 aliphatic rings. The molecule has 0 saturated heterocycles. The Kier molecular flexibility index (Phi) is 4.87. The summed E-state index contributed by atoms with van der Waals surface area (Å²) in [7, 11) is -9.71. The van der Waals surface area contributed by atoms with Crippen molar-refractivity contribution in [3.63, 3.8) is 0 Å². The molecule has 2 aromatic rings. The molecule has 0 aromatic carbocycles. The van der Waals surface area contributed by atoms with Crippen LogP contribution in [0.15, 0.2) is 49.1 Å². The third kappa shape index (κ3) is 3.75. The fraction of sp³-hybridized carbons (Fsp3) is 0.231. The molecule has 124 valence electrons. The normalized spacial score (nSPS) is 17.3. The number of pyridine rings is 2. The molecule has 10 heteroatoms. The van der Waals surface area contributed by atoms with E-state index in [1.807, 2.05) is 0 Å². The molecular formula is C13H17N2O6P2+. The van der Waals surface area contributed by atoms with Crippen molar-refractivity contribution >= 4 is 15.0 Å². The molecule has 0 aliphatic heterocycles. The summed E-state index contributed by atoms with van der Waals surface area (Å²) in [5, 5.41) is 7.08. The Morgan fingerprint density at radius 2 is 1.52 bits per heavy atom. The maximum atomic E-state index is 11.8. The van der Waals surface area contributed by atoms with Crippen molar-refractivity contribution in [2.45, 2.75) is 11.6 Å². The zero-order valence-corrected chi connectivity index (χ0v) is 14.0. The van der Waals surface area contributed by atoms with E-state index in [0.717, 1.165) is 17.8 Å². The molecule has 23 heavy (non-hydrogen) atoms. The van der Waals surface area contributed by atoms with Crippen LogP contribution in [0.25, 0.3) is 11.1 Å². The first-order valence-corrected chi connectivity index (χ1v) is 10.2. The standard InChI is InChI=1S/C13H16N2O6P2/c1-22(17,18)13(16,23(19,20)21)10-15-8-4-12(5-9-15)11-2-6-14-7-3-11/h2-9,16H,10H2,1H3,(H2-,17,18,19,20,21)/p+1.